The lowest BCUT2D eigenvalue weighted by Crippen LogP contribution is -2.08. The summed E-state index contributed by atoms with van der Waals surface area (Å²) in [5.74, 6) is 0.897. The Morgan fingerprint density at radius 2 is 2.14 bits per heavy atom. The number of rotatable bonds is 9. The normalized spacial score (nSPS) is 12.1. The number of ether oxygens (including phenoxy) is 1. The molecule has 0 aliphatic carbocycles. The maximum absolute atomic E-state index is 5.42. The zero-order chi connectivity index (χ0) is 10.8. The van der Waals surface area contributed by atoms with Crippen LogP contribution in [0, 0.1) is 0 Å². The fourth-order valence-electron chi connectivity index (χ4n) is 1.28. The summed E-state index contributed by atoms with van der Waals surface area (Å²) in [7, 11) is 0. The van der Waals surface area contributed by atoms with E-state index in [2.05, 4.69) is 20.1 Å². The molecule has 0 bridgehead atoms. The largest absolute Gasteiger partial charge is 0.498 e. The minimum absolute atomic E-state index is 0.388. The predicted octanol–water partition coefficient (Wildman–Crippen LogP) is 4.36. The van der Waals surface area contributed by atoms with Gasteiger partial charge in [0.05, 0.1) is 11.9 Å². The molecule has 2 heteroatoms. The fourth-order valence-corrected chi connectivity index (χ4v) is 2.03. The molecule has 0 N–H and O–H groups in total. The van der Waals surface area contributed by atoms with Gasteiger partial charge in [-0.3, -0.25) is 0 Å². The van der Waals surface area contributed by atoms with E-state index in [0.717, 1.165) is 12.2 Å². The molecule has 1 unspecified atom stereocenters. The Morgan fingerprint density at radius 1 is 1.43 bits per heavy atom. The molecule has 0 rings (SSSR count). The Kier molecular flexibility index (Phi) is 8.95. The van der Waals surface area contributed by atoms with Gasteiger partial charge in [-0.1, -0.05) is 39.3 Å². The molecule has 14 heavy (non-hydrogen) atoms. The highest BCUT2D eigenvalue weighted by atomic mass is 32.2. The van der Waals surface area contributed by atoms with Crippen molar-refractivity contribution in [2.45, 2.75) is 44.8 Å². The second-order valence-electron chi connectivity index (χ2n) is 3.19. The maximum Gasteiger partial charge on any atom is 0.102 e. The van der Waals surface area contributed by atoms with Crippen LogP contribution in [0.2, 0.25) is 0 Å². The average molecular weight is 214 g/mol. The predicted molar refractivity (Wildman–Crippen MR) is 66.5 cm³/mol. The summed E-state index contributed by atoms with van der Waals surface area (Å²) < 4.78 is 5.42. The zero-order valence-electron chi connectivity index (χ0n) is 9.42. The third-order valence-electron chi connectivity index (χ3n) is 2.02. The summed E-state index contributed by atoms with van der Waals surface area (Å²) in [5.41, 5.74) is 0. The molecule has 0 aromatic heterocycles. The van der Waals surface area contributed by atoms with Gasteiger partial charge in [0.25, 0.3) is 0 Å². The quantitative estimate of drug-likeness (QED) is 0.416. The van der Waals surface area contributed by atoms with Gasteiger partial charge in [-0.05, 0) is 18.8 Å². The first-order valence-electron chi connectivity index (χ1n) is 5.34. The molecule has 82 valence electrons. The first-order valence-corrected chi connectivity index (χ1v) is 6.28. The summed E-state index contributed by atoms with van der Waals surface area (Å²) >= 11 is 1.71. The molecule has 0 aliphatic rings. The van der Waals surface area contributed by atoms with Crippen LogP contribution in [-0.4, -0.2) is 11.9 Å². The van der Waals surface area contributed by atoms with E-state index in [1.165, 1.54) is 19.3 Å². The smallest absolute Gasteiger partial charge is 0.102 e. The van der Waals surface area contributed by atoms with Crippen LogP contribution in [0.5, 0.6) is 0 Å². The van der Waals surface area contributed by atoms with Gasteiger partial charge < -0.3 is 4.74 Å². The van der Waals surface area contributed by atoms with E-state index in [0.29, 0.717) is 11.9 Å². The highest BCUT2D eigenvalue weighted by molar-refractivity contribution is 8.02. The number of unbranched alkanes of at least 4 members (excludes halogenated alkanes) is 2. The monoisotopic (exact) mass is 214 g/mol. The molecule has 1 nitrogen and oxygen atoms in total. The van der Waals surface area contributed by atoms with Crippen LogP contribution in [-0.2, 0) is 4.74 Å². The molecule has 1 atom stereocenters. The molecule has 0 spiro atoms. The highest BCUT2D eigenvalue weighted by Crippen LogP contribution is 2.25. The maximum atomic E-state index is 5.42. The van der Waals surface area contributed by atoms with Crippen molar-refractivity contribution in [1.82, 2.24) is 0 Å². The van der Waals surface area contributed by atoms with Crippen LogP contribution in [0.1, 0.15) is 39.5 Å². The van der Waals surface area contributed by atoms with Gasteiger partial charge in [0.2, 0.25) is 0 Å². The van der Waals surface area contributed by atoms with Crippen molar-refractivity contribution in [3.05, 3.63) is 24.3 Å². The van der Waals surface area contributed by atoms with E-state index in [1.54, 1.807) is 11.8 Å². The molecule has 0 aromatic carbocycles. The minimum atomic E-state index is 0.388. The van der Waals surface area contributed by atoms with Crippen molar-refractivity contribution >= 4 is 11.8 Å². The van der Waals surface area contributed by atoms with Crippen LogP contribution in [0.3, 0.4) is 0 Å². The lowest BCUT2D eigenvalue weighted by atomic mass is 10.1. The Morgan fingerprint density at radius 3 is 2.64 bits per heavy atom. The van der Waals surface area contributed by atoms with Gasteiger partial charge in [-0.25, -0.2) is 0 Å². The molecule has 0 radical (unpaired) electrons. The van der Waals surface area contributed by atoms with Crippen molar-refractivity contribution < 1.29 is 4.74 Å². The summed E-state index contributed by atoms with van der Waals surface area (Å²) in [5, 5.41) is 2.26. The van der Waals surface area contributed by atoms with E-state index in [9.17, 15) is 0 Å². The molecule has 0 saturated heterocycles. The van der Waals surface area contributed by atoms with Crippen LogP contribution in [0.25, 0.3) is 0 Å². The van der Waals surface area contributed by atoms with Gasteiger partial charge in [0.15, 0.2) is 0 Å². The molecular weight excluding hydrogens is 192 g/mol. The standard InChI is InChI=1S/C12H22OS/c1-5-8-9-10-12(14-7-3)11(4)13-6-2/h7,12H,3-6,8-10H2,1-2H3. The van der Waals surface area contributed by atoms with Gasteiger partial charge in [-0.2, -0.15) is 0 Å². The summed E-state index contributed by atoms with van der Waals surface area (Å²) in [6.07, 6.45) is 4.93. The number of hydrogen-bond acceptors (Lipinski definition) is 2. The molecule has 0 fully saturated rings. The van der Waals surface area contributed by atoms with Crippen molar-refractivity contribution in [3.63, 3.8) is 0 Å². The molecule has 0 amide bonds. The summed E-state index contributed by atoms with van der Waals surface area (Å²) in [6, 6.07) is 0. The van der Waals surface area contributed by atoms with Crippen molar-refractivity contribution in [2.24, 2.45) is 0 Å². The van der Waals surface area contributed by atoms with Gasteiger partial charge >= 0.3 is 0 Å². The highest BCUT2D eigenvalue weighted by Gasteiger charge is 2.12. The van der Waals surface area contributed by atoms with E-state index < -0.39 is 0 Å². The van der Waals surface area contributed by atoms with Gasteiger partial charge in [0, 0.05) is 0 Å². The molecule has 0 aliphatic heterocycles. The SMILES string of the molecule is C=CSC(CCCCC)C(=C)OCC. The molecule has 0 aromatic rings. The van der Waals surface area contributed by atoms with Crippen LogP contribution >= 0.6 is 11.8 Å². The molecule has 0 heterocycles. The topological polar surface area (TPSA) is 9.23 Å². The van der Waals surface area contributed by atoms with Crippen molar-refractivity contribution in [1.29, 1.82) is 0 Å². The lowest BCUT2D eigenvalue weighted by molar-refractivity contribution is 0.221. The van der Waals surface area contributed by atoms with Gasteiger partial charge in [-0.15, -0.1) is 11.8 Å². The first kappa shape index (κ1) is 13.6. The van der Waals surface area contributed by atoms with E-state index in [4.69, 9.17) is 4.74 Å². The van der Waals surface area contributed by atoms with Crippen LogP contribution < -0.4 is 0 Å². The summed E-state index contributed by atoms with van der Waals surface area (Å²) in [4.78, 5) is 0. The van der Waals surface area contributed by atoms with Gasteiger partial charge in [0.1, 0.15) is 5.76 Å². The van der Waals surface area contributed by atoms with E-state index in [1.807, 2.05) is 12.3 Å². The fraction of sp³-hybridized carbons (Fsp3) is 0.667. The van der Waals surface area contributed by atoms with Crippen molar-refractivity contribution in [3.8, 4) is 0 Å². The average Bonchev–Trinajstić information content (AvgIpc) is 2.17. The van der Waals surface area contributed by atoms with E-state index in [-0.39, 0.29) is 0 Å². The van der Waals surface area contributed by atoms with Crippen LogP contribution in [0.15, 0.2) is 24.3 Å². The third kappa shape index (κ3) is 6.14. The Bertz CT molecular complexity index is 166. The lowest BCUT2D eigenvalue weighted by Gasteiger charge is -2.17. The second kappa shape index (κ2) is 9.20. The van der Waals surface area contributed by atoms with Crippen LogP contribution in [0.4, 0.5) is 0 Å². The Labute approximate surface area is 92.6 Å². The Balaban J connectivity index is 3.86. The molecular formula is C12H22OS. The van der Waals surface area contributed by atoms with Crippen molar-refractivity contribution in [2.75, 3.05) is 6.61 Å². The second-order valence-corrected chi connectivity index (χ2v) is 4.36. The summed E-state index contributed by atoms with van der Waals surface area (Å²) in [6.45, 7) is 12.6. The third-order valence-corrected chi connectivity index (χ3v) is 3.04. The molecule has 0 saturated carbocycles. The first-order chi connectivity index (χ1) is 6.76. The zero-order valence-corrected chi connectivity index (χ0v) is 10.2. The minimum Gasteiger partial charge on any atom is -0.498 e. The Hall–Kier alpha value is -0.370. The van der Waals surface area contributed by atoms with E-state index >= 15 is 0 Å². The number of thioether (sulfide) groups is 1. The number of hydrogen-bond donors (Lipinski definition) is 0.